The molecule has 0 N–H and O–H groups in total. The minimum atomic E-state index is -0.608. The Morgan fingerprint density at radius 2 is 1.92 bits per heavy atom. The second-order valence-corrected chi connectivity index (χ2v) is 7.17. The maximum atomic E-state index is 13.3. The van der Waals surface area contributed by atoms with E-state index in [9.17, 15) is 9.59 Å². The van der Waals surface area contributed by atoms with Crippen molar-refractivity contribution in [1.29, 1.82) is 0 Å². The van der Waals surface area contributed by atoms with E-state index < -0.39 is 5.41 Å². The topological polar surface area (TPSA) is 40.6 Å². The van der Waals surface area contributed by atoms with Crippen molar-refractivity contribution >= 4 is 11.8 Å². The van der Waals surface area contributed by atoms with Crippen LogP contribution in [0.2, 0.25) is 0 Å². The van der Waals surface area contributed by atoms with Crippen LogP contribution in [0.5, 0.6) is 0 Å². The molecule has 0 aromatic heterocycles. The lowest BCUT2D eigenvalue weighted by Gasteiger charge is -2.35. The van der Waals surface area contributed by atoms with Gasteiger partial charge in [0.1, 0.15) is 0 Å². The number of fused-ring (bicyclic) bond motifs is 2. The molecule has 2 unspecified atom stereocenters. The highest BCUT2D eigenvalue weighted by atomic mass is 16.2. The Hall–Kier alpha value is -1.68. The number of amides is 2. The van der Waals surface area contributed by atoms with E-state index >= 15 is 0 Å². The van der Waals surface area contributed by atoms with Gasteiger partial charge in [-0.3, -0.25) is 14.5 Å². The van der Waals surface area contributed by atoms with Gasteiger partial charge in [0.2, 0.25) is 11.8 Å². The summed E-state index contributed by atoms with van der Waals surface area (Å²) in [5.41, 5.74) is 1.72. The Morgan fingerprint density at radius 1 is 1.21 bits per heavy atom. The van der Waals surface area contributed by atoms with Crippen LogP contribution in [-0.2, 0) is 21.4 Å². The van der Waals surface area contributed by atoms with Gasteiger partial charge < -0.3 is 4.90 Å². The van der Waals surface area contributed by atoms with Gasteiger partial charge in [-0.2, -0.15) is 0 Å². The summed E-state index contributed by atoms with van der Waals surface area (Å²) in [4.78, 5) is 29.9. The first-order chi connectivity index (χ1) is 11.5. The molecule has 1 aliphatic carbocycles. The van der Waals surface area contributed by atoms with Crippen LogP contribution in [0, 0.1) is 0 Å². The van der Waals surface area contributed by atoms with Crippen LogP contribution in [0.3, 0.4) is 0 Å². The molecule has 2 amide bonds. The number of rotatable bonds is 5. The fraction of sp³-hybridized carbons (Fsp3) is 0.600. The van der Waals surface area contributed by atoms with E-state index in [4.69, 9.17) is 0 Å². The molecule has 130 valence electrons. The van der Waals surface area contributed by atoms with E-state index in [0.717, 1.165) is 44.5 Å². The molecule has 1 spiro atoms. The van der Waals surface area contributed by atoms with Crippen molar-refractivity contribution in [1.82, 2.24) is 9.80 Å². The molecule has 1 aromatic rings. The van der Waals surface area contributed by atoms with Crippen molar-refractivity contribution in [2.24, 2.45) is 0 Å². The van der Waals surface area contributed by atoms with Crippen molar-refractivity contribution in [3.05, 3.63) is 35.4 Å². The fourth-order valence-corrected chi connectivity index (χ4v) is 4.47. The summed E-state index contributed by atoms with van der Waals surface area (Å²) < 4.78 is 0. The molecular weight excluding hydrogens is 300 g/mol. The third-order valence-corrected chi connectivity index (χ3v) is 5.79. The predicted octanol–water partition coefficient (Wildman–Crippen LogP) is 2.75. The molecule has 1 aromatic carbocycles. The normalized spacial score (nSPS) is 24.8. The molecule has 0 bridgehead atoms. The van der Waals surface area contributed by atoms with E-state index in [-0.39, 0.29) is 17.9 Å². The number of aryl methyl sites for hydroxylation is 1. The third-order valence-electron chi connectivity index (χ3n) is 5.79. The summed E-state index contributed by atoms with van der Waals surface area (Å²) in [6, 6.07) is 8.11. The van der Waals surface area contributed by atoms with Gasteiger partial charge in [0.15, 0.2) is 0 Å². The Labute approximate surface area is 144 Å². The Balaban J connectivity index is 1.90. The van der Waals surface area contributed by atoms with Crippen molar-refractivity contribution in [2.75, 3.05) is 19.6 Å². The Bertz CT molecular complexity index is 638. The lowest BCUT2D eigenvalue weighted by Crippen LogP contribution is -2.48. The zero-order valence-corrected chi connectivity index (χ0v) is 15.0. The van der Waals surface area contributed by atoms with Crippen molar-refractivity contribution in [3.8, 4) is 0 Å². The van der Waals surface area contributed by atoms with Gasteiger partial charge in [-0.15, -0.1) is 0 Å². The maximum Gasteiger partial charge on any atom is 0.240 e. The molecule has 3 rings (SSSR count). The number of likely N-dealkylation sites (tertiary alicyclic amines) is 1. The van der Waals surface area contributed by atoms with Crippen LogP contribution in [0.4, 0.5) is 0 Å². The lowest BCUT2D eigenvalue weighted by molar-refractivity contribution is -0.142. The van der Waals surface area contributed by atoms with Gasteiger partial charge in [-0.25, -0.2) is 0 Å². The van der Waals surface area contributed by atoms with Gasteiger partial charge in [0.25, 0.3) is 0 Å². The number of hydrogen-bond acceptors (Lipinski definition) is 3. The molecule has 2 atom stereocenters. The zero-order valence-electron chi connectivity index (χ0n) is 15.0. The molecule has 1 saturated heterocycles. The van der Waals surface area contributed by atoms with Crippen LogP contribution < -0.4 is 0 Å². The Kier molecular flexibility index (Phi) is 4.77. The highest BCUT2D eigenvalue weighted by Crippen LogP contribution is 2.45. The quantitative estimate of drug-likeness (QED) is 0.781. The summed E-state index contributed by atoms with van der Waals surface area (Å²) in [6.07, 6.45) is 3.12. The summed E-state index contributed by atoms with van der Waals surface area (Å²) >= 11 is 0. The fourth-order valence-electron chi connectivity index (χ4n) is 4.47. The molecule has 1 fully saturated rings. The first-order valence-electron chi connectivity index (χ1n) is 9.20. The van der Waals surface area contributed by atoms with Crippen LogP contribution in [0.15, 0.2) is 24.3 Å². The summed E-state index contributed by atoms with van der Waals surface area (Å²) in [5.74, 6) is 0.0238. The largest absolute Gasteiger partial charge is 0.302 e. The van der Waals surface area contributed by atoms with E-state index in [1.54, 1.807) is 4.90 Å². The van der Waals surface area contributed by atoms with Gasteiger partial charge >= 0.3 is 0 Å². The van der Waals surface area contributed by atoms with Crippen molar-refractivity contribution in [2.45, 2.75) is 57.9 Å². The number of carbonyl (C=O) groups is 2. The molecule has 0 radical (unpaired) electrons. The second-order valence-electron chi connectivity index (χ2n) is 7.17. The SMILES string of the molecule is CCN(CC)CC(C)N1C(=O)CC2(CCCc3ccccc32)C1=O. The summed E-state index contributed by atoms with van der Waals surface area (Å²) in [5, 5.41) is 0. The monoisotopic (exact) mass is 328 g/mol. The lowest BCUT2D eigenvalue weighted by atomic mass is 9.69. The molecule has 4 heteroatoms. The van der Waals surface area contributed by atoms with Gasteiger partial charge in [0, 0.05) is 19.0 Å². The first kappa shape index (κ1) is 17.2. The van der Waals surface area contributed by atoms with Crippen LogP contribution in [-0.4, -0.2) is 47.3 Å². The van der Waals surface area contributed by atoms with Crippen LogP contribution in [0.25, 0.3) is 0 Å². The zero-order chi connectivity index (χ0) is 17.3. The molecular formula is C20H28N2O2. The number of carbonyl (C=O) groups excluding carboxylic acids is 2. The molecule has 1 heterocycles. The number of likely N-dealkylation sites (N-methyl/N-ethyl adjacent to an activating group) is 1. The standard InChI is InChI=1S/C20H28N2O2/c1-4-21(5-2)14-15(3)22-18(23)13-20(19(22)24)12-8-10-16-9-6-7-11-17(16)20/h6-7,9,11,15H,4-5,8,10,12-14H2,1-3H3. The minimum Gasteiger partial charge on any atom is -0.302 e. The molecule has 4 nitrogen and oxygen atoms in total. The van der Waals surface area contributed by atoms with E-state index in [1.807, 2.05) is 19.1 Å². The number of nitrogens with zero attached hydrogens (tertiary/aromatic N) is 2. The molecule has 2 aliphatic rings. The van der Waals surface area contributed by atoms with Crippen LogP contribution in [0.1, 0.15) is 51.2 Å². The molecule has 0 saturated carbocycles. The van der Waals surface area contributed by atoms with E-state index in [1.165, 1.54) is 5.56 Å². The molecule has 24 heavy (non-hydrogen) atoms. The van der Waals surface area contributed by atoms with Crippen molar-refractivity contribution in [3.63, 3.8) is 0 Å². The highest BCUT2D eigenvalue weighted by Gasteiger charge is 2.55. The third kappa shape index (κ3) is 2.67. The summed E-state index contributed by atoms with van der Waals surface area (Å²) in [6.45, 7) is 8.85. The van der Waals surface area contributed by atoms with Crippen molar-refractivity contribution < 1.29 is 9.59 Å². The van der Waals surface area contributed by atoms with E-state index in [0.29, 0.717) is 6.42 Å². The number of hydrogen-bond donors (Lipinski definition) is 0. The smallest absolute Gasteiger partial charge is 0.240 e. The summed E-state index contributed by atoms with van der Waals surface area (Å²) in [7, 11) is 0. The number of imide groups is 1. The Morgan fingerprint density at radius 3 is 2.62 bits per heavy atom. The van der Waals surface area contributed by atoms with Gasteiger partial charge in [-0.1, -0.05) is 38.1 Å². The van der Waals surface area contributed by atoms with Gasteiger partial charge in [0.05, 0.1) is 5.41 Å². The van der Waals surface area contributed by atoms with Crippen LogP contribution >= 0.6 is 0 Å². The molecule has 1 aliphatic heterocycles. The van der Waals surface area contributed by atoms with Gasteiger partial charge in [-0.05, 0) is 50.4 Å². The average Bonchev–Trinajstić information content (AvgIpc) is 2.84. The second kappa shape index (κ2) is 6.67. The number of benzene rings is 1. The highest BCUT2D eigenvalue weighted by molar-refractivity contribution is 6.09. The minimum absolute atomic E-state index is 0.00337. The average molecular weight is 328 g/mol. The maximum absolute atomic E-state index is 13.3. The first-order valence-corrected chi connectivity index (χ1v) is 9.20. The van der Waals surface area contributed by atoms with E-state index in [2.05, 4.69) is 30.9 Å². The predicted molar refractivity (Wildman–Crippen MR) is 94.8 cm³/mol.